The minimum atomic E-state index is -0.303. The lowest BCUT2D eigenvalue weighted by molar-refractivity contribution is 0.0897. The topological polar surface area (TPSA) is 44.9 Å². The van der Waals surface area contributed by atoms with Crippen molar-refractivity contribution in [2.75, 3.05) is 13.1 Å². The van der Waals surface area contributed by atoms with Crippen LogP contribution in [0.3, 0.4) is 0 Å². The van der Waals surface area contributed by atoms with Gasteiger partial charge in [-0.15, -0.1) is 0 Å². The number of hydrogen-bond donors (Lipinski definition) is 0. The molecule has 0 spiro atoms. The van der Waals surface area contributed by atoms with Crippen molar-refractivity contribution in [1.82, 2.24) is 14.7 Å². The summed E-state index contributed by atoms with van der Waals surface area (Å²) >= 11 is 0. The van der Waals surface area contributed by atoms with Crippen LogP contribution >= 0.6 is 0 Å². The molecule has 0 saturated carbocycles. The van der Waals surface area contributed by atoms with E-state index in [9.17, 15) is 4.39 Å². The average Bonchev–Trinajstić information content (AvgIpc) is 2.81. The van der Waals surface area contributed by atoms with Crippen molar-refractivity contribution < 1.29 is 4.39 Å². The zero-order valence-corrected chi connectivity index (χ0v) is 11.3. The maximum Gasteiger partial charge on any atom is 0.129 e. The highest BCUT2D eigenvalue weighted by Gasteiger charge is 2.29. The minimum Gasteiger partial charge on any atom is -0.295 e. The van der Waals surface area contributed by atoms with E-state index in [1.54, 1.807) is 12.1 Å². The number of nitriles is 1. The summed E-state index contributed by atoms with van der Waals surface area (Å²) < 4.78 is 15.8. The Labute approximate surface area is 117 Å². The highest BCUT2D eigenvalue weighted by atomic mass is 19.1. The van der Waals surface area contributed by atoms with Crippen LogP contribution in [0.4, 0.5) is 4.39 Å². The Morgan fingerprint density at radius 2 is 2.25 bits per heavy atom. The first-order valence-electron chi connectivity index (χ1n) is 6.57. The van der Waals surface area contributed by atoms with Crippen LogP contribution in [0.2, 0.25) is 0 Å². The number of aryl methyl sites for hydroxylation is 1. The molecule has 0 bridgehead atoms. The lowest BCUT2D eigenvalue weighted by Gasteiger charge is -2.39. The van der Waals surface area contributed by atoms with Gasteiger partial charge in [0.2, 0.25) is 0 Å². The molecule has 1 aromatic carbocycles. The van der Waals surface area contributed by atoms with Crippen molar-refractivity contribution in [1.29, 1.82) is 5.26 Å². The average molecular weight is 270 g/mol. The van der Waals surface area contributed by atoms with Crippen molar-refractivity contribution in [3.63, 3.8) is 0 Å². The van der Waals surface area contributed by atoms with E-state index in [-0.39, 0.29) is 5.82 Å². The van der Waals surface area contributed by atoms with Crippen LogP contribution in [-0.4, -0.2) is 27.8 Å². The van der Waals surface area contributed by atoms with E-state index in [1.165, 1.54) is 6.07 Å². The van der Waals surface area contributed by atoms with E-state index in [0.29, 0.717) is 23.7 Å². The van der Waals surface area contributed by atoms with Gasteiger partial charge in [0.05, 0.1) is 23.9 Å². The number of aromatic nitrogens is 2. The number of nitrogens with zero attached hydrogens (tertiary/aromatic N) is 4. The highest BCUT2D eigenvalue weighted by Crippen LogP contribution is 2.24. The van der Waals surface area contributed by atoms with Crippen LogP contribution in [0.25, 0.3) is 0 Å². The smallest absolute Gasteiger partial charge is 0.129 e. The number of halogens is 1. The summed E-state index contributed by atoms with van der Waals surface area (Å²) in [4.78, 5) is 2.17. The molecule has 0 amide bonds. The predicted octanol–water partition coefficient (Wildman–Crippen LogP) is 2.26. The third-order valence-electron chi connectivity index (χ3n) is 3.62. The Morgan fingerprint density at radius 3 is 2.85 bits per heavy atom. The van der Waals surface area contributed by atoms with Crippen LogP contribution < -0.4 is 0 Å². The zero-order chi connectivity index (χ0) is 14.1. The van der Waals surface area contributed by atoms with Crippen molar-refractivity contribution in [2.45, 2.75) is 19.5 Å². The highest BCUT2D eigenvalue weighted by molar-refractivity contribution is 5.32. The third kappa shape index (κ3) is 2.43. The summed E-state index contributed by atoms with van der Waals surface area (Å²) in [6.07, 6.45) is 3.88. The van der Waals surface area contributed by atoms with Crippen molar-refractivity contribution >= 4 is 0 Å². The first-order valence-corrected chi connectivity index (χ1v) is 6.57. The van der Waals surface area contributed by atoms with Crippen molar-refractivity contribution in [3.8, 4) is 6.07 Å². The first-order chi connectivity index (χ1) is 9.65. The lowest BCUT2D eigenvalue weighted by Crippen LogP contribution is -2.47. The molecule has 0 unspecified atom stereocenters. The normalized spacial score (nSPS) is 15.8. The maximum absolute atomic E-state index is 13.8. The molecule has 20 heavy (non-hydrogen) atoms. The van der Waals surface area contributed by atoms with Gasteiger partial charge in [-0.05, 0) is 24.6 Å². The van der Waals surface area contributed by atoms with E-state index < -0.39 is 0 Å². The number of likely N-dealkylation sites (tertiary alicyclic amines) is 1. The molecule has 2 heterocycles. The molecule has 0 radical (unpaired) electrons. The molecule has 3 rings (SSSR count). The monoisotopic (exact) mass is 270 g/mol. The van der Waals surface area contributed by atoms with Crippen LogP contribution in [0.1, 0.15) is 22.7 Å². The van der Waals surface area contributed by atoms with Crippen molar-refractivity contribution in [3.05, 3.63) is 53.1 Å². The summed E-state index contributed by atoms with van der Waals surface area (Å²) in [6, 6.07) is 6.97. The minimum absolute atomic E-state index is 0.303. The second kappa shape index (κ2) is 5.06. The summed E-state index contributed by atoms with van der Waals surface area (Å²) in [7, 11) is 0. The molecular weight excluding hydrogens is 255 g/mol. The number of rotatable bonds is 3. The molecule has 1 aromatic heterocycles. The Hall–Kier alpha value is -2.19. The molecule has 1 aliphatic heterocycles. The predicted molar refractivity (Wildman–Crippen MR) is 72.4 cm³/mol. The maximum atomic E-state index is 13.8. The van der Waals surface area contributed by atoms with E-state index >= 15 is 0 Å². The quantitative estimate of drug-likeness (QED) is 0.859. The standard InChI is InChI=1S/C15H15FN4/c1-11-6-18-20(7-11)14-9-19(10-14)8-13-3-2-12(5-17)4-15(13)16/h2-4,6-7,14H,8-10H2,1H3. The fourth-order valence-corrected chi connectivity index (χ4v) is 2.46. The largest absolute Gasteiger partial charge is 0.295 e. The Balaban J connectivity index is 1.60. The Kier molecular flexibility index (Phi) is 3.25. The van der Waals surface area contributed by atoms with Gasteiger partial charge in [0, 0.05) is 31.4 Å². The third-order valence-corrected chi connectivity index (χ3v) is 3.62. The summed E-state index contributed by atoms with van der Waals surface area (Å²) in [6.45, 7) is 4.35. The molecular formula is C15H15FN4. The molecule has 0 atom stereocenters. The van der Waals surface area contributed by atoms with Gasteiger partial charge < -0.3 is 0 Å². The Bertz CT molecular complexity index is 665. The van der Waals surface area contributed by atoms with Crippen LogP contribution in [0.15, 0.2) is 30.6 Å². The van der Waals surface area contributed by atoms with Gasteiger partial charge in [-0.1, -0.05) is 6.07 Å². The molecule has 0 N–H and O–H groups in total. The van der Waals surface area contributed by atoms with Gasteiger partial charge in [-0.3, -0.25) is 9.58 Å². The van der Waals surface area contributed by atoms with Gasteiger partial charge in [0.25, 0.3) is 0 Å². The van der Waals surface area contributed by atoms with Gasteiger partial charge in [0.15, 0.2) is 0 Å². The molecule has 1 aliphatic rings. The SMILES string of the molecule is Cc1cnn(C2CN(Cc3ccc(C#N)cc3F)C2)c1. The molecule has 102 valence electrons. The molecule has 2 aromatic rings. The summed E-state index contributed by atoms with van der Waals surface area (Å²) in [5.41, 5.74) is 2.15. The van der Waals surface area contributed by atoms with Gasteiger partial charge >= 0.3 is 0 Å². The van der Waals surface area contributed by atoms with E-state index in [0.717, 1.165) is 18.7 Å². The number of hydrogen-bond acceptors (Lipinski definition) is 3. The first kappa shape index (κ1) is 12.8. The van der Waals surface area contributed by atoms with Gasteiger partial charge in [-0.2, -0.15) is 10.4 Å². The van der Waals surface area contributed by atoms with Crippen LogP contribution in [-0.2, 0) is 6.54 Å². The van der Waals surface area contributed by atoms with Crippen LogP contribution in [0, 0.1) is 24.1 Å². The van der Waals surface area contributed by atoms with Crippen LogP contribution in [0.5, 0.6) is 0 Å². The van der Waals surface area contributed by atoms with Gasteiger partial charge in [0.1, 0.15) is 5.82 Å². The summed E-state index contributed by atoms with van der Waals surface area (Å²) in [5.74, 6) is -0.303. The Morgan fingerprint density at radius 1 is 1.45 bits per heavy atom. The molecule has 1 saturated heterocycles. The fourth-order valence-electron chi connectivity index (χ4n) is 2.46. The zero-order valence-electron chi connectivity index (χ0n) is 11.3. The molecule has 4 nitrogen and oxygen atoms in total. The molecule has 0 aliphatic carbocycles. The van der Waals surface area contributed by atoms with E-state index in [2.05, 4.69) is 10.00 Å². The van der Waals surface area contributed by atoms with Crippen molar-refractivity contribution in [2.24, 2.45) is 0 Å². The summed E-state index contributed by atoms with van der Waals surface area (Å²) in [5, 5.41) is 13.0. The number of benzene rings is 1. The van der Waals surface area contributed by atoms with E-state index in [4.69, 9.17) is 5.26 Å². The van der Waals surface area contributed by atoms with E-state index in [1.807, 2.05) is 30.1 Å². The lowest BCUT2D eigenvalue weighted by atomic mass is 10.1. The second-order valence-corrected chi connectivity index (χ2v) is 5.26. The van der Waals surface area contributed by atoms with Gasteiger partial charge in [-0.25, -0.2) is 4.39 Å². The molecule has 1 fully saturated rings. The fraction of sp³-hybridized carbons (Fsp3) is 0.333. The molecule has 5 heteroatoms. The second-order valence-electron chi connectivity index (χ2n) is 5.26.